The molecule has 1 aliphatic heterocycles. The quantitative estimate of drug-likeness (QED) is 0.874. The van der Waals surface area contributed by atoms with Gasteiger partial charge in [-0.1, -0.05) is 12.1 Å². The lowest BCUT2D eigenvalue weighted by Gasteiger charge is -2.33. The molecule has 0 fully saturated rings. The van der Waals surface area contributed by atoms with Gasteiger partial charge in [0.2, 0.25) is 16.1 Å². The molecule has 0 saturated heterocycles. The maximum Gasteiger partial charge on any atom is 0.346 e. The standard InChI is InChI=1S/C11H13NO5S/c1-2-18(15,16)12-7-10(11(13)14)17-9-6-4-3-5-8(9)12/h3-6,10H,2,7H2,1H3,(H,13,14)/t10-/m0/s1. The lowest BCUT2D eigenvalue weighted by molar-refractivity contribution is -0.144. The molecule has 0 amide bonds. The molecule has 0 radical (unpaired) electrons. The molecule has 0 aliphatic carbocycles. The number of carboxylic acids is 1. The maximum absolute atomic E-state index is 12.0. The summed E-state index contributed by atoms with van der Waals surface area (Å²) in [4.78, 5) is 11.0. The Labute approximate surface area is 105 Å². The Kier molecular flexibility index (Phi) is 3.16. The summed E-state index contributed by atoms with van der Waals surface area (Å²) in [6.07, 6.45) is -1.18. The van der Waals surface area contributed by atoms with Crippen molar-refractivity contribution in [3.63, 3.8) is 0 Å². The van der Waals surface area contributed by atoms with E-state index in [9.17, 15) is 13.2 Å². The van der Waals surface area contributed by atoms with Crippen LogP contribution in [0.1, 0.15) is 6.92 Å². The maximum atomic E-state index is 12.0. The van der Waals surface area contributed by atoms with Gasteiger partial charge in [0.15, 0.2) is 0 Å². The number of benzene rings is 1. The molecule has 0 saturated carbocycles. The van der Waals surface area contributed by atoms with Crippen LogP contribution in [0, 0.1) is 0 Å². The van der Waals surface area contributed by atoms with Crippen molar-refractivity contribution in [2.45, 2.75) is 13.0 Å². The summed E-state index contributed by atoms with van der Waals surface area (Å²) < 4.78 is 30.3. The highest BCUT2D eigenvalue weighted by molar-refractivity contribution is 7.92. The second kappa shape index (κ2) is 4.49. The van der Waals surface area contributed by atoms with Gasteiger partial charge in [-0.15, -0.1) is 0 Å². The topological polar surface area (TPSA) is 83.9 Å². The third kappa shape index (κ3) is 2.13. The van der Waals surface area contributed by atoms with Crippen LogP contribution in [-0.2, 0) is 14.8 Å². The van der Waals surface area contributed by atoms with Crippen LogP contribution in [-0.4, -0.2) is 37.9 Å². The summed E-state index contributed by atoms with van der Waals surface area (Å²) in [5.74, 6) is -0.998. The molecule has 1 aromatic carbocycles. The molecule has 0 unspecified atom stereocenters. The number of fused-ring (bicyclic) bond motifs is 1. The number of nitrogens with zero attached hydrogens (tertiary/aromatic N) is 1. The first-order valence-corrected chi connectivity index (χ1v) is 7.05. The molecular weight excluding hydrogens is 258 g/mol. The minimum Gasteiger partial charge on any atom is -0.478 e. The Morgan fingerprint density at radius 1 is 1.50 bits per heavy atom. The molecular formula is C11H13NO5S. The predicted molar refractivity (Wildman–Crippen MR) is 65.3 cm³/mol. The second-order valence-corrected chi connectivity index (χ2v) is 6.03. The van der Waals surface area contributed by atoms with E-state index in [2.05, 4.69) is 0 Å². The number of para-hydroxylation sites is 2. The van der Waals surface area contributed by atoms with Crippen LogP contribution >= 0.6 is 0 Å². The Morgan fingerprint density at radius 2 is 2.17 bits per heavy atom. The van der Waals surface area contributed by atoms with Crippen molar-refractivity contribution in [1.29, 1.82) is 0 Å². The van der Waals surface area contributed by atoms with E-state index in [4.69, 9.17) is 9.84 Å². The molecule has 1 heterocycles. The van der Waals surface area contributed by atoms with Crippen molar-refractivity contribution in [2.24, 2.45) is 0 Å². The predicted octanol–water partition coefficient (Wildman–Crippen LogP) is 0.688. The first-order chi connectivity index (χ1) is 8.45. The summed E-state index contributed by atoms with van der Waals surface area (Å²) in [6.45, 7) is 1.31. The molecule has 7 heteroatoms. The van der Waals surface area contributed by atoms with Crippen LogP contribution < -0.4 is 9.04 Å². The number of carbonyl (C=O) groups is 1. The fraction of sp³-hybridized carbons (Fsp3) is 0.364. The molecule has 6 nitrogen and oxygen atoms in total. The average Bonchev–Trinajstić information content (AvgIpc) is 2.37. The zero-order valence-corrected chi connectivity index (χ0v) is 10.6. The van der Waals surface area contributed by atoms with E-state index in [1.165, 1.54) is 6.92 Å². The average molecular weight is 271 g/mol. The van der Waals surface area contributed by atoms with E-state index in [0.717, 1.165) is 4.31 Å². The first kappa shape index (κ1) is 12.7. The van der Waals surface area contributed by atoms with E-state index < -0.39 is 22.1 Å². The lowest BCUT2D eigenvalue weighted by atomic mass is 10.2. The van der Waals surface area contributed by atoms with Gasteiger partial charge in [0.05, 0.1) is 18.0 Å². The fourth-order valence-corrected chi connectivity index (χ4v) is 2.87. The fourth-order valence-electron chi connectivity index (χ4n) is 1.75. The van der Waals surface area contributed by atoms with Gasteiger partial charge in [0.1, 0.15) is 5.75 Å². The number of sulfonamides is 1. The van der Waals surface area contributed by atoms with E-state index in [1.807, 2.05) is 0 Å². The molecule has 1 aromatic rings. The summed E-state index contributed by atoms with van der Waals surface area (Å²) in [7, 11) is -3.51. The van der Waals surface area contributed by atoms with Crippen LogP contribution in [0.15, 0.2) is 24.3 Å². The third-order valence-corrected chi connectivity index (χ3v) is 4.46. The molecule has 1 atom stereocenters. The molecule has 1 N–H and O–H groups in total. The Balaban J connectivity index is 2.50. The van der Waals surface area contributed by atoms with Gasteiger partial charge in [-0.2, -0.15) is 0 Å². The van der Waals surface area contributed by atoms with Crippen LogP contribution in [0.2, 0.25) is 0 Å². The smallest absolute Gasteiger partial charge is 0.346 e. The highest BCUT2D eigenvalue weighted by Gasteiger charge is 2.35. The van der Waals surface area contributed by atoms with Crippen LogP contribution in [0.4, 0.5) is 5.69 Å². The number of carboxylic acid groups (broad SMARTS) is 1. The highest BCUT2D eigenvalue weighted by atomic mass is 32.2. The molecule has 0 aromatic heterocycles. The van der Waals surface area contributed by atoms with Crippen LogP contribution in [0.25, 0.3) is 0 Å². The number of hydrogen-bond acceptors (Lipinski definition) is 4. The van der Waals surface area contributed by atoms with Crippen molar-refractivity contribution in [2.75, 3.05) is 16.6 Å². The Hall–Kier alpha value is -1.76. The molecule has 1 aliphatic rings. The van der Waals surface area contributed by atoms with Crippen molar-refractivity contribution in [3.05, 3.63) is 24.3 Å². The van der Waals surface area contributed by atoms with Gasteiger partial charge < -0.3 is 9.84 Å². The molecule has 2 rings (SSSR count). The number of hydrogen-bond donors (Lipinski definition) is 1. The molecule has 98 valence electrons. The largest absolute Gasteiger partial charge is 0.478 e. The highest BCUT2D eigenvalue weighted by Crippen LogP contribution is 2.34. The van der Waals surface area contributed by atoms with Gasteiger partial charge in [-0.3, -0.25) is 4.31 Å². The first-order valence-electron chi connectivity index (χ1n) is 5.44. The number of rotatable bonds is 3. The van der Waals surface area contributed by atoms with Crippen LogP contribution in [0.3, 0.4) is 0 Å². The van der Waals surface area contributed by atoms with Gasteiger partial charge in [-0.25, -0.2) is 13.2 Å². The summed E-state index contributed by atoms with van der Waals surface area (Å²) >= 11 is 0. The van der Waals surface area contributed by atoms with Crippen LogP contribution in [0.5, 0.6) is 5.75 Å². The van der Waals surface area contributed by atoms with E-state index in [1.54, 1.807) is 24.3 Å². The number of anilines is 1. The van der Waals surface area contributed by atoms with Gasteiger partial charge in [0.25, 0.3) is 0 Å². The SMILES string of the molecule is CCS(=O)(=O)N1C[C@@H](C(=O)O)Oc2ccccc21. The normalized spacial score (nSPS) is 18.9. The zero-order chi connectivity index (χ0) is 13.3. The Morgan fingerprint density at radius 3 is 2.78 bits per heavy atom. The third-order valence-electron chi connectivity index (χ3n) is 2.71. The van der Waals surface area contributed by atoms with Crippen molar-refractivity contribution < 1.29 is 23.1 Å². The molecule has 18 heavy (non-hydrogen) atoms. The monoisotopic (exact) mass is 271 g/mol. The minimum absolute atomic E-state index is 0.0896. The number of ether oxygens (including phenoxy) is 1. The Bertz CT molecular complexity index is 569. The van der Waals surface area contributed by atoms with Gasteiger partial charge in [0, 0.05) is 0 Å². The van der Waals surface area contributed by atoms with Gasteiger partial charge in [-0.05, 0) is 19.1 Å². The number of aliphatic carboxylic acids is 1. The van der Waals surface area contributed by atoms with Crippen molar-refractivity contribution in [3.8, 4) is 5.75 Å². The van der Waals surface area contributed by atoms with Gasteiger partial charge >= 0.3 is 5.97 Å². The summed E-state index contributed by atoms with van der Waals surface area (Å²) in [5.41, 5.74) is 0.386. The zero-order valence-electron chi connectivity index (χ0n) is 9.74. The summed E-state index contributed by atoms with van der Waals surface area (Å²) in [6, 6.07) is 6.50. The lowest BCUT2D eigenvalue weighted by Crippen LogP contribution is -2.47. The van der Waals surface area contributed by atoms with Crippen molar-refractivity contribution in [1.82, 2.24) is 0 Å². The van der Waals surface area contributed by atoms with E-state index in [-0.39, 0.29) is 18.0 Å². The summed E-state index contributed by atoms with van der Waals surface area (Å²) in [5, 5.41) is 8.97. The molecule has 0 spiro atoms. The molecule has 0 bridgehead atoms. The van der Waals surface area contributed by atoms with E-state index in [0.29, 0.717) is 5.69 Å². The van der Waals surface area contributed by atoms with Crippen molar-refractivity contribution >= 4 is 21.7 Å². The second-order valence-electron chi connectivity index (χ2n) is 3.84. The van der Waals surface area contributed by atoms with E-state index >= 15 is 0 Å². The minimum atomic E-state index is -3.51.